The minimum atomic E-state index is -5.04. The van der Waals surface area contributed by atoms with Gasteiger partial charge < -0.3 is 9.84 Å². The molecule has 8 heteroatoms. The second-order valence-electron chi connectivity index (χ2n) is 9.50. The molecule has 3 atom stereocenters. The number of rotatable bonds is 5. The van der Waals surface area contributed by atoms with Gasteiger partial charge in [0.25, 0.3) is 11.6 Å². The number of hydrogen-bond donors (Lipinski definition) is 1. The molecule has 1 N–H and O–H groups in total. The molecule has 0 aromatic heterocycles. The molecule has 0 radical (unpaired) electrons. The van der Waals surface area contributed by atoms with Crippen LogP contribution in [-0.2, 0) is 4.79 Å². The summed E-state index contributed by atoms with van der Waals surface area (Å²) in [7, 11) is 0. The van der Waals surface area contributed by atoms with Gasteiger partial charge in [0.1, 0.15) is 5.75 Å². The number of halogens is 3. The highest BCUT2D eigenvalue weighted by atomic mass is 19.4. The number of benzene rings is 1. The molecule has 1 heterocycles. The van der Waals surface area contributed by atoms with Gasteiger partial charge in [-0.15, -0.1) is 0 Å². The van der Waals surface area contributed by atoms with Crippen LogP contribution < -0.4 is 4.74 Å². The average Bonchev–Trinajstić information content (AvgIpc) is 2.99. The molecule has 2 aliphatic rings. The number of aryl methyl sites for hydroxylation is 2. The van der Waals surface area contributed by atoms with Gasteiger partial charge in [0.15, 0.2) is 6.61 Å². The summed E-state index contributed by atoms with van der Waals surface area (Å²) < 4.78 is 47.9. The van der Waals surface area contributed by atoms with Gasteiger partial charge in [0.2, 0.25) is 0 Å². The quantitative estimate of drug-likeness (QED) is 0.702. The summed E-state index contributed by atoms with van der Waals surface area (Å²) in [6, 6.07) is 5.31. The van der Waals surface area contributed by atoms with Gasteiger partial charge in [0.05, 0.1) is 5.92 Å². The number of carbonyl (C=O) groups excluding carboxylic acids is 1. The minimum absolute atomic E-state index is 0.00287. The van der Waals surface area contributed by atoms with E-state index in [0.29, 0.717) is 18.6 Å². The van der Waals surface area contributed by atoms with Gasteiger partial charge in [-0.2, -0.15) is 23.3 Å². The Bertz CT molecular complexity index is 861. The van der Waals surface area contributed by atoms with Crippen molar-refractivity contribution in [1.29, 1.82) is 0 Å². The van der Waals surface area contributed by atoms with Crippen LogP contribution in [0.1, 0.15) is 57.6 Å². The summed E-state index contributed by atoms with van der Waals surface area (Å²) >= 11 is 0. The molecule has 3 rings (SSSR count). The van der Waals surface area contributed by atoms with Crippen molar-refractivity contribution in [2.24, 2.45) is 22.4 Å². The predicted molar refractivity (Wildman–Crippen MR) is 112 cm³/mol. The summed E-state index contributed by atoms with van der Waals surface area (Å²) in [5.41, 5.74) is -1.46. The van der Waals surface area contributed by atoms with Gasteiger partial charge in [-0.25, -0.2) is 0 Å². The Morgan fingerprint density at radius 1 is 1.26 bits per heavy atom. The van der Waals surface area contributed by atoms with Crippen LogP contribution in [-0.4, -0.2) is 40.2 Å². The van der Waals surface area contributed by atoms with Crippen LogP contribution in [0.2, 0.25) is 0 Å². The number of amides is 1. The fraction of sp³-hybridized carbons (Fsp3) is 0.652. The number of fused-ring (bicyclic) bond motifs is 1. The average molecular weight is 441 g/mol. The van der Waals surface area contributed by atoms with Crippen LogP contribution in [0.5, 0.6) is 5.75 Å². The molecule has 172 valence electrons. The second-order valence-corrected chi connectivity index (χ2v) is 9.50. The standard InChI is InChI=1S/C23H31F3N2O3/c1-6-21(4,5)16-7-8-19-18(12-16)22(30,23(24,25)26)28(27-19)20(29)13-31-17-10-14(2)9-15(3)11-17/h9-11,16,18,30H,6-8,12-13H2,1-5H3/t16-,18+,22+/m1/s1. The molecule has 31 heavy (non-hydrogen) atoms. The molecule has 5 nitrogen and oxygen atoms in total. The normalized spacial score (nSPS) is 26.5. The van der Waals surface area contributed by atoms with E-state index in [1.165, 1.54) is 0 Å². The van der Waals surface area contributed by atoms with Crippen LogP contribution in [0.3, 0.4) is 0 Å². The highest BCUT2D eigenvalue weighted by molar-refractivity contribution is 5.93. The van der Waals surface area contributed by atoms with Gasteiger partial charge >= 0.3 is 6.18 Å². The van der Waals surface area contributed by atoms with Crippen LogP contribution in [0.4, 0.5) is 13.2 Å². The molecule has 1 aromatic carbocycles. The maximum Gasteiger partial charge on any atom is 0.439 e. The van der Waals surface area contributed by atoms with E-state index >= 15 is 0 Å². The van der Waals surface area contributed by atoms with Crippen LogP contribution in [0.25, 0.3) is 0 Å². The van der Waals surface area contributed by atoms with E-state index < -0.39 is 30.3 Å². The SMILES string of the molecule is CCC(C)(C)[C@@H]1CCC2=NN(C(=O)COc3cc(C)cc(C)c3)[C@@](O)(C(F)(F)F)[C@H]2C1. The van der Waals surface area contributed by atoms with Crippen LogP contribution in [0.15, 0.2) is 23.3 Å². The first-order chi connectivity index (χ1) is 14.3. The fourth-order valence-corrected chi connectivity index (χ4v) is 4.69. The predicted octanol–water partition coefficient (Wildman–Crippen LogP) is 4.98. The third-order valence-corrected chi connectivity index (χ3v) is 6.94. The molecule has 0 saturated heterocycles. The lowest BCUT2D eigenvalue weighted by Crippen LogP contribution is -2.62. The van der Waals surface area contributed by atoms with E-state index in [1.54, 1.807) is 12.1 Å². The highest BCUT2D eigenvalue weighted by Crippen LogP contribution is 2.52. The Hall–Kier alpha value is -2.09. The lowest BCUT2D eigenvalue weighted by atomic mass is 9.64. The smallest absolute Gasteiger partial charge is 0.439 e. The Balaban J connectivity index is 1.84. The third-order valence-electron chi connectivity index (χ3n) is 6.94. The van der Waals surface area contributed by atoms with E-state index in [0.717, 1.165) is 17.5 Å². The maximum atomic E-state index is 14.1. The zero-order valence-electron chi connectivity index (χ0n) is 18.7. The van der Waals surface area contributed by atoms with E-state index in [9.17, 15) is 23.1 Å². The molecular formula is C23H31F3N2O3. The topological polar surface area (TPSA) is 62.1 Å². The first-order valence-corrected chi connectivity index (χ1v) is 10.7. The van der Waals surface area contributed by atoms with Crippen molar-refractivity contribution in [2.45, 2.75) is 72.2 Å². The minimum Gasteiger partial charge on any atom is -0.484 e. The van der Waals surface area contributed by atoms with Crippen molar-refractivity contribution in [3.63, 3.8) is 0 Å². The summed E-state index contributed by atoms with van der Waals surface area (Å²) in [6.45, 7) is 9.14. The van der Waals surface area contributed by atoms with Crippen LogP contribution in [0, 0.1) is 31.1 Å². The number of alkyl halides is 3. The monoisotopic (exact) mass is 440 g/mol. The second kappa shape index (κ2) is 8.11. The van der Waals surface area contributed by atoms with Crippen molar-refractivity contribution in [3.8, 4) is 5.75 Å². The Labute approximate surface area is 181 Å². The van der Waals surface area contributed by atoms with Crippen molar-refractivity contribution in [3.05, 3.63) is 29.3 Å². The maximum absolute atomic E-state index is 14.1. The largest absolute Gasteiger partial charge is 0.484 e. The Morgan fingerprint density at radius 3 is 2.42 bits per heavy atom. The van der Waals surface area contributed by atoms with E-state index in [2.05, 4.69) is 5.10 Å². The van der Waals surface area contributed by atoms with E-state index in [1.807, 2.05) is 40.7 Å². The third kappa shape index (κ3) is 4.31. The molecular weight excluding hydrogens is 409 g/mol. The molecule has 0 spiro atoms. The summed E-state index contributed by atoms with van der Waals surface area (Å²) in [5.74, 6) is -1.90. The Kier molecular flexibility index (Phi) is 6.17. The number of aliphatic hydroxyl groups is 1. The van der Waals surface area contributed by atoms with E-state index in [-0.39, 0.29) is 28.5 Å². The van der Waals surface area contributed by atoms with Gasteiger partial charge in [-0.1, -0.05) is 33.3 Å². The number of carbonyl (C=O) groups is 1. The van der Waals surface area contributed by atoms with Crippen molar-refractivity contribution < 1.29 is 27.8 Å². The molecule has 1 saturated carbocycles. The van der Waals surface area contributed by atoms with Crippen molar-refractivity contribution in [1.82, 2.24) is 5.01 Å². The first kappa shape index (κ1) is 23.6. The molecule has 1 aromatic rings. The number of hydrogen-bond acceptors (Lipinski definition) is 4. The summed E-state index contributed by atoms with van der Waals surface area (Å²) in [5, 5.41) is 15.1. The first-order valence-electron chi connectivity index (χ1n) is 10.7. The highest BCUT2D eigenvalue weighted by Gasteiger charge is 2.69. The molecule has 1 fully saturated rings. The van der Waals surface area contributed by atoms with Crippen molar-refractivity contribution in [2.75, 3.05) is 6.61 Å². The molecule has 1 aliphatic heterocycles. The summed E-state index contributed by atoms with van der Waals surface area (Å²) in [4.78, 5) is 12.8. The molecule has 0 unspecified atom stereocenters. The van der Waals surface area contributed by atoms with E-state index in [4.69, 9.17) is 4.74 Å². The number of nitrogens with zero attached hydrogens (tertiary/aromatic N) is 2. The molecule has 1 aliphatic carbocycles. The Morgan fingerprint density at radius 2 is 1.87 bits per heavy atom. The van der Waals surface area contributed by atoms with Crippen LogP contribution >= 0.6 is 0 Å². The number of hydrazone groups is 1. The fourth-order valence-electron chi connectivity index (χ4n) is 4.69. The zero-order valence-corrected chi connectivity index (χ0v) is 18.7. The zero-order chi connectivity index (χ0) is 23.2. The number of ether oxygens (including phenoxy) is 1. The molecule has 1 amide bonds. The van der Waals surface area contributed by atoms with Crippen molar-refractivity contribution >= 4 is 11.6 Å². The van der Waals surface area contributed by atoms with Gasteiger partial charge in [-0.05, 0) is 67.7 Å². The lowest BCUT2D eigenvalue weighted by Gasteiger charge is -2.43. The molecule has 0 bridgehead atoms. The lowest BCUT2D eigenvalue weighted by molar-refractivity contribution is -0.318. The van der Waals surface area contributed by atoms with Gasteiger partial charge in [0, 0.05) is 5.71 Å². The van der Waals surface area contributed by atoms with Gasteiger partial charge in [-0.3, -0.25) is 4.79 Å². The summed E-state index contributed by atoms with van der Waals surface area (Å²) in [6.07, 6.45) is -3.08.